The van der Waals surface area contributed by atoms with Crippen LogP contribution in [-0.4, -0.2) is 24.3 Å². The van der Waals surface area contributed by atoms with Gasteiger partial charge in [0.15, 0.2) is 5.43 Å². The molecule has 0 bridgehead atoms. The molecule has 0 aliphatic carbocycles. The molecule has 0 N–H and O–H groups in total. The third-order valence-corrected chi connectivity index (χ3v) is 4.83. The van der Waals surface area contributed by atoms with Crippen molar-refractivity contribution in [3.05, 3.63) is 51.2 Å². The number of carbonyl (C=O) groups excluding carboxylic acids is 1. The lowest BCUT2D eigenvalue weighted by molar-refractivity contribution is -0.143. The van der Waals surface area contributed by atoms with Crippen LogP contribution < -0.4 is 10.2 Å². The van der Waals surface area contributed by atoms with E-state index in [0.29, 0.717) is 23.1 Å². The highest BCUT2D eigenvalue weighted by Crippen LogP contribution is 2.31. The quantitative estimate of drug-likeness (QED) is 0.531. The highest BCUT2D eigenvalue weighted by Gasteiger charge is 2.18. The van der Waals surface area contributed by atoms with Crippen LogP contribution in [0.4, 0.5) is 0 Å². The molecule has 136 valence electrons. The van der Waals surface area contributed by atoms with Crippen LogP contribution in [0.5, 0.6) is 5.75 Å². The Morgan fingerprint density at radius 3 is 2.46 bits per heavy atom. The number of fused-ring (bicyclic) bond motifs is 2. The lowest BCUT2D eigenvalue weighted by Crippen LogP contribution is -2.19. The molecule has 26 heavy (non-hydrogen) atoms. The maximum atomic E-state index is 13.2. The molecule has 3 rings (SSSR count). The summed E-state index contributed by atoms with van der Waals surface area (Å²) in [7, 11) is 1.59. The molecule has 2 aromatic carbocycles. The zero-order valence-electron chi connectivity index (χ0n) is 15.8. The molecule has 0 saturated carbocycles. The van der Waals surface area contributed by atoms with Gasteiger partial charge in [-0.3, -0.25) is 9.59 Å². The van der Waals surface area contributed by atoms with Gasteiger partial charge in [-0.2, -0.15) is 0 Å². The van der Waals surface area contributed by atoms with Gasteiger partial charge < -0.3 is 14.0 Å². The summed E-state index contributed by atoms with van der Waals surface area (Å²) in [6.07, 6.45) is 0. The molecule has 0 atom stereocenters. The summed E-state index contributed by atoms with van der Waals surface area (Å²) >= 11 is 0. The number of hydrogen-bond acceptors (Lipinski definition) is 4. The SMILES string of the molecule is CCOC(=O)Cn1c2ccc(C)cc2c(=O)c2cc(OC)c(C)c(C)c21. The molecule has 5 heteroatoms. The Morgan fingerprint density at radius 1 is 1.08 bits per heavy atom. The standard InChI is InChI=1S/C21H23NO4/c1-6-26-19(23)11-22-17-8-7-12(2)9-15(17)21(24)16-10-18(25-5)13(3)14(4)20(16)22/h7-10H,6,11H2,1-5H3. The zero-order valence-corrected chi connectivity index (χ0v) is 15.8. The molecule has 1 heterocycles. The lowest BCUT2D eigenvalue weighted by atomic mass is 10.0. The van der Waals surface area contributed by atoms with Crippen LogP contribution in [0, 0.1) is 20.8 Å². The van der Waals surface area contributed by atoms with Crippen molar-refractivity contribution >= 4 is 27.8 Å². The van der Waals surface area contributed by atoms with E-state index in [4.69, 9.17) is 9.47 Å². The molecule has 3 aromatic rings. The van der Waals surface area contributed by atoms with Gasteiger partial charge in [-0.05, 0) is 57.0 Å². The van der Waals surface area contributed by atoms with Crippen molar-refractivity contribution in [1.82, 2.24) is 4.57 Å². The Hall–Kier alpha value is -2.82. The summed E-state index contributed by atoms with van der Waals surface area (Å²) in [6.45, 7) is 7.99. The number of pyridine rings is 1. The Morgan fingerprint density at radius 2 is 1.81 bits per heavy atom. The van der Waals surface area contributed by atoms with Crippen LogP contribution in [0.15, 0.2) is 29.1 Å². The van der Waals surface area contributed by atoms with E-state index >= 15 is 0 Å². The van der Waals surface area contributed by atoms with E-state index in [1.165, 1.54) is 0 Å². The largest absolute Gasteiger partial charge is 0.496 e. The van der Waals surface area contributed by atoms with E-state index < -0.39 is 0 Å². The normalized spacial score (nSPS) is 11.1. The van der Waals surface area contributed by atoms with Crippen molar-refractivity contribution in [3.63, 3.8) is 0 Å². The number of aromatic nitrogens is 1. The van der Waals surface area contributed by atoms with Gasteiger partial charge in [0, 0.05) is 5.39 Å². The van der Waals surface area contributed by atoms with E-state index in [1.807, 2.05) is 43.5 Å². The molecular formula is C21H23NO4. The highest BCUT2D eigenvalue weighted by atomic mass is 16.5. The van der Waals surface area contributed by atoms with Crippen LogP contribution in [0.1, 0.15) is 23.6 Å². The van der Waals surface area contributed by atoms with Gasteiger partial charge >= 0.3 is 5.97 Å². The predicted octanol–water partition coefficient (Wildman–Crippen LogP) is 3.65. The fraction of sp³-hybridized carbons (Fsp3) is 0.333. The minimum absolute atomic E-state index is 0.0524. The summed E-state index contributed by atoms with van der Waals surface area (Å²) in [6, 6.07) is 7.47. The van der Waals surface area contributed by atoms with Crippen LogP contribution in [0.2, 0.25) is 0 Å². The molecule has 1 aromatic heterocycles. The monoisotopic (exact) mass is 353 g/mol. The lowest BCUT2D eigenvalue weighted by Gasteiger charge is -2.19. The number of carbonyl (C=O) groups is 1. The minimum Gasteiger partial charge on any atom is -0.496 e. The minimum atomic E-state index is -0.327. The van der Waals surface area contributed by atoms with Gasteiger partial charge in [0.2, 0.25) is 0 Å². The van der Waals surface area contributed by atoms with E-state index in [1.54, 1.807) is 20.1 Å². The third-order valence-electron chi connectivity index (χ3n) is 4.83. The van der Waals surface area contributed by atoms with Crippen molar-refractivity contribution in [1.29, 1.82) is 0 Å². The predicted molar refractivity (Wildman–Crippen MR) is 103 cm³/mol. The summed E-state index contributed by atoms with van der Waals surface area (Å²) in [5.74, 6) is 0.342. The zero-order chi connectivity index (χ0) is 19.0. The van der Waals surface area contributed by atoms with Gasteiger partial charge in [0.25, 0.3) is 0 Å². The van der Waals surface area contributed by atoms with Gasteiger partial charge in [-0.25, -0.2) is 0 Å². The van der Waals surface area contributed by atoms with Crippen molar-refractivity contribution < 1.29 is 14.3 Å². The van der Waals surface area contributed by atoms with Crippen LogP contribution in [-0.2, 0) is 16.1 Å². The first kappa shape index (κ1) is 18.0. The number of nitrogens with zero attached hydrogens (tertiary/aromatic N) is 1. The second-order valence-electron chi connectivity index (χ2n) is 6.47. The number of ether oxygens (including phenoxy) is 2. The molecule has 0 spiro atoms. The first-order valence-corrected chi connectivity index (χ1v) is 8.65. The van der Waals surface area contributed by atoms with Crippen LogP contribution >= 0.6 is 0 Å². The number of hydrogen-bond donors (Lipinski definition) is 0. The number of rotatable bonds is 4. The Bertz CT molecular complexity index is 1080. The van der Waals surface area contributed by atoms with Crippen molar-refractivity contribution in [2.75, 3.05) is 13.7 Å². The fourth-order valence-electron chi connectivity index (χ4n) is 3.44. The second-order valence-corrected chi connectivity index (χ2v) is 6.47. The van der Waals surface area contributed by atoms with E-state index in [0.717, 1.165) is 27.7 Å². The van der Waals surface area contributed by atoms with Crippen molar-refractivity contribution in [3.8, 4) is 5.75 Å². The fourth-order valence-corrected chi connectivity index (χ4v) is 3.44. The molecule has 0 aliphatic rings. The molecule has 5 nitrogen and oxygen atoms in total. The average Bonchev–Trinajstić information content (AvgIpc) is 2.61. The van der Waals surface area contributed by atoms with Gasteiger partial charge in [-0.1, -0.05) is 11.6 Å². The average molecular weight is 353 g/mol. The first-order valence-electron chi connectivity index (χ1n) is 8.65. The maximum absolute atomic E-state index is 13.2. The maximum Gasteiger partial charge on any atom is 0.325 e. The first-order chi connectivity index (χ1) is 12.4. The van der Waals surface area contributed by atoms with Gasteiger partial charge in [0.05, 0.1) is 30.1 Å². The number of aryl methyl sites for hydroxylation is 2. The van der Waals surface area contributed by atoms with Gasteiger partial charge in [0.1, 0.15) is 12.3 Å². The Labute approximate surface area is 152 Å². The highest BCUT2D eigenvalue weighted by molar-refractivity contribution is 5.97. The smallest absolute Gasteiger partial charge is 0.325 e. The Balaban J connectivity index is 2.50. The molecule has 0 amide bonds. The van der Waals surface area contributed by atoms with E-state index in [9.17, 15) is 9.59 Å². The molecular weight excluding hydrogens is 330 g/mol. The Kier molecular flexibility index (Phi) is 4.72. The number of methoxy groups -OCH3 is 1. The number of benzene rings is 2. The van der Waals surface area contributed by atoms with E-state index in [2.05, 4.69) is 0 Å². The van der Waals surface area contributed by atoms with Crippen molar-refractivity contribution in [2.45, 2.75) is 34.2 Å². The summed E-state index contributed by atoms with van der Waals surface area (Å²) < 4.78 is 12.5. The summed E-state index contributed by atoms with van der Waals surface area (Å²) in [5.41, 5.74) is 4.28. The molecule has 0 radical (unpaired) electrons. The van der Waals surface area contributed by atoms with Gasteiger partial charge in [-0.15, -0.1) is 0 Å². The molecule has 0 saturated heterocycles. The van der Waals surface area contributed by atoms with Crippen LogP contribution in [0.3, 0.4) is 0 Å². The van der Waals surface area contributed by atoms with Crippen molar-refractivity contribution in [2.24, 2.45) is 0 Å². The molecule has 0 aliphatic heterocycles. The summed E-state index contributed by atoms with van der Waals surface area (Å²) in [5, 5.41) is 1.14. The molecule has 0 fully saturated rings. The molecule has 0 unspecified atom stereocenters. The number of esters is 1. The van der Waals surface area contributed by atoms with Crippen LogP contribution in [0.25, 0.3) is 21.8 Å². The summed E-state index contributed by atoms with van der Waals surface area (Å²) in [4.78, 5) is 25.4. The second kappa shape index (κ2) is 6.83. The van der Waals surface area contributed by atoms with E-state index in [-0.39, 0.29) is 17.9 Å². The third kappa shape index (κ3) is 2.83. The topological polar surface area (TPSA) is 57.5 Å².